The second kappa shape index (κ2) is 10.7. The Labute approximate surface area is 213 Å². The number of carbonyl (C=O) groups is 1. The second-order valence-corrected chi connectivity index (χ2v) is 11.6. The third-order valence-electron chi connectivity index (χ3n) is 7.23. The third-order valence-corrected chi connectivity index (χ3v) is 9.15. The lowest BCUT2D eigenvalue weighted by Gasteiger charge is -2.39. The molecule has 36 heavy (non-hydrogen) atoms. The Bertz CT molecular complexity index is 1200. The second-order valence-electron chi connectivity index (χ2n) is 9.71. The number of nitrogens with zero attached hydrogens (tertiary/aromatic N) is 2. The van der Waals surface area contributed by atoms with Crippen molar-refractivity contribution in [3.05, 3.63) is 48.0 Å². The fourth-order valence-electron chi connectivity index (χ4n) is 5.28. The molecule has 0 unspecified atom stereocenters. The maximum atomic E-state index is 14.1. The topological polar surface area (TPSA) is 85.4 Å². The Hall–Kier alpha value is -2.78. The van der Waals surface area contributed by atoms with Crippen LogP contribution in [-0.4, -0.2) is 69.0 Å². The molecule has 0 N–H and O–H groups in total. The van der Waals surface area contributed by atoms with Crippen molar-refractivity contribution in [2.75, 3.05) is 33.4 Å². The van der Waals surface area contributed by atoms with Crippen LogP contribution in [0.25, 0.3) is 0 Å². The van der Waals surface area contributed by atoms with Gasteiger partial charge in [0.05, 0.1) is 29.7 Å². The fraction of sp³-hybridized carbons (Fsp3) is 0.519. The van der Waals surface area contributed by atoms with Gasteiger partial charge in [-0.15, -0.1) is 0 Å². The molecule has 194 valence electrons. The number of amides is 1. The highest BCUT2D eigenvalue weighted by Crippen LogP contribution is 2.36. The minimum absolute atomic E-state index is 0.0739. The number of hydrogen-bond acceptors (Lipinski definition) is 6. The molecule has 2 heterocycles. The van der Waals surface area contributed by atoms with Crippen LogP contribution in [0.1, 0.15) is 55.3 Å². The van der Waals surface area contributed by atoms with Gasteiger partial charge in [-0.05, 0) is 56.4 Å². The summed E-state index contributed by atoms with van der Waals surface area (Å²) in [5, 5.41) is 0. The molecule has 1 amide bonds. The van der Waals surface area contributed by atoms with E-state index in [1.54, 1.807) is 46.6 Å². The molecule has 2 aliphatic heterocycles. The number of carbonyl (C=O) groups excluding carboxylic acids is 1. The predicted octanol–water partition coefficient (Wildman–Crippen LogP) is 4.09. The lowest BCUT2D eigenvalue weighted by atomic mass is 9.92. The predicted molar refractivity (Wildman–Crippen MR) is 135 cm³/mol. The maximum absolute atomic E-state index is 14.1. The van der Waals surface area contributed by atoms with E-state index in [1.807, 2.05) is 12.1 Å². The first kappa shape index (κ1) is 24.9. The van der Waals surface area contributed by atoms with Gasteiger partial charge in [0.25, 0.3) is 5.91 Å². The van der Waals surface area contributed by atoms with E-state index in [4.69, 9.17) is 14.2 Å². The molecule has 5 rings (SSSR count). The van der Waals surface area contributed by atoms with Gasteiger partial charge >= 0.3 is 0 Å². The number of rotatable bonds is 2. The van der Waals surface area contributed by atoms with Crippen molar-refractivity contribution in [2.24, 2.45) is 0 Å². The zero-order chi connectivity index (χ0) is 25.1. The Morgan fingerprint density at radius 1 is 0.833 bits per heavy atom. The Kier molecular flexibility index (Phi) is 7.39. The summed E-state index contributed by atoms with van der Waals surface area (Å²) < 4.78 is 47.8. The number of benzene rings is 2. The SMILES string of the molecule is CN1CCCCN(S(=O)(=O)c2ccc3c(c2)OCCCO3)[C@@H]2CCCC[C@@H]2Oc2ccccc2C1=O. The Balaban J connectivity index is 1.52. The molecule has 0 aromatic heterocycles. The van der Waals surface area contributed by atoms with E-state index in [0.717, 1.165) is 25.7 Å². The molecule has 9 heteroatoms. The molecule has 1 aliphatic carbocycles. The zero-order valence-corrected chi connectivity index (χ0v) is 21.5. The summed E-state index contributed by atoms with van der Waals surface area (Å²) in [6.07, 6.45) is 5.09. The number of ether oxygens (including phenoxy) is 3. The standard InChI is InChI=1S/C27H34N2O6S/c1-28-15-6-7-16-29(36(31,32)20-13-14-25-26(19-20)34-18-8-17-33-25)22-10-3-5-12-24(22)35-23-11-4-2-9-21(23)27(28)30/h2,4,9,11,13-14,19,22,24H,3,5-8,10,12,15-18H2,1H3/t22-,24+/m1/s1. The molecule has 8 nitrogen and oxygen atoms in total. The highest BCUT2D eigenvalue weighted by Gasteiger charge is 2.39. The molecule has 2 aromatic carbocycles. The molecule has 2 atom stereocenters. The highest BCUT2D eigenvalue weighted by molar-refractivity contribution is 7.89. The molecule has 0 bridgehead atoms. The molecule has 0 saturated heterocycles. The van der Waals surface area contributed by atoms with Crippen LogP contribution in [0.2, 0.25) is 0 Å². The molecule has 1 fully saturated rings. The van der Waals surface area contributed by atoms with Crippen molar-refractivity contribution < 1.29 is 27.4 Å². The van der Waals surface area contributed by atoms with Crippen molar-refractivity contribution in [1.82, 2.24) is 9.21 Å². The van der Waals surface area contributed by atoms with E-state index in [9.17, 15) is 13.2 Å². The number of fused-ring (bicyclic) bond motifs is 3. The normalized spacial score (nSPS) is 23.8. The number of hydrogen-bond donors (Lipinski definition) is 0. The average Bonchev–Trinajstić information content (AvgIpc) is 3.13. The minimum atomic E-state index is -3.83. The first-order valence-corrected chi connectivity index (χ1v) is 14.3. The van der Waals surface area contributed by atoms with E-state index < -0.39 is 10.0 Å². The van der Waals surface area contributed by atoms with Gasteiger partial charge in [-0.25, -0.2) is 8.42 Å². The molecule has 0 radical (unpaired) electrons. The summed E-state index contributed by atoms with van der Waals surface area (Å²) in [6, 6.07) is 11.8. The van der Waals surface area contributed by atoms with E-state index in [-0.39, 0.29) is 22.9 Å². The monoisotopic (exact) mass is 514 g/mol. The van der Waals surface area contributed by atoms with Crippen LogP contribution in [0.5, 0.6) is 17.2 Å². The van der Waals surface area contributed by atoms with Gasteiger partial charge in [-0.3, -0.25) is 4.79 Å². The Morgan fingerprint density at radius 2 is 1.58 bits per heavy atom. The van der Waals surface area contributed by atoms with E-state index in [1.165, 1.54) is 0 Å². The average molecular weight is 515 g/mol. The summed E-state index contributed by atoms with van der Waals surface area (Å²) in [5.41, 5.74) is 0.516. The van der Waals surface area contributed by atoms with Crippen LogP contribution in [0, 0.1) is 0 Å². The van der Waals surface area contributed by atoms with Crippen LogP contribution in [-0.2, 0) is 10.0 Å². The first-order valence-electron chi connectivity index (χ1n) is 12.9. The summed E-state index contributed by atoms with van der Waals surface area (Å²) in [6.45, 7) is 1.94. The molecule has 1 saturated carbocycles. The molecule has 0 spiro atoms. The summed E-state index contributed by atoms with van der Waals surface area (Å²) in [4.78, 5) is 15.0. The fourth-order valence-corrected chi connectivity index (χ4v) is 7.01. The van der Waals surface area contributed by atoms with Crippen molar-refractivity contribution in [1.29, 1.82) is 0 Å². The van der Waals surface area contributed by atoms with Gasteiger partial charge in [0.2, 0.25) is 10.0 Å². The molecule has 3 aliphatic rings. The smallest absolute Gasteiger partial charge is 0.257 e. The van der Waals surface area contributed by atoms with Crippen molar-refractivity contribution in [3.63, 3.8) is 0 Å². The lowest BCUT2D eigenvalue weighted by Crippen LogP contribution is -2.51. The molecule has 2 aromatic rings. The lowest BCUT2D eigenvalue weighted by molar-refractivity contribution is 0.0658. The first-order chi connectivity index (χ1) is 17.4. The van der Waals surface area contributed by atoms with Gasteiger partial charge in [0, 0.05) is 32.6 Å². The summed E-state index contributed by atoms with van der Waals surface area (Å²) in [7, 11) is -2.05. The third kappa shape index (κ3) is 5.04. The minimum Gasteiger partial charge on any atom is -0.490 e. The Morgan fingerprint density at radius 3 is 2.44 bits per heavy atom. The van der Waals surface area contributed by atoms with Crippen LogP contribution in [0.4, 0.5) is 0 Å². The quantitative estimate of drug-likeness (QED) is 0.600. The van der Waals surface area contributed by atoms with Gasteiger partial charge in [0.1, 0.15) is 11.9 Å². The van der Waals surface area contributed by atoms with E-state index in [2.05, 4.69) is 0 Å². The van der Waals surface area contributed by atoms with Gasteiger partial charge < -0.3 is 19.1 Å². The van der Waals surface area contributed by atoms with Crippen molar-refractivity contribution in [3.8, 4) is 17.2 Å². The highest BCUT2D eigenvalue weighted by atomic mass is 32.2. The van der Waals surface area contributed by atoms with Crippen LogP contribution < -0.4 is 14.2 Å². The number of sulfonamides is 1. The van der Waals surface area contributed by atoms with Crippen LogP contribution in [0.3, 0.4) is 0 Å². The molecular formula is C27H34N2O6S. The van der Waals surface area contributed by atoms with Gasteiger partial charge in [-0.1, -0.05) is 18.6 Å². The van der Waals surface area contributed by atoms with Crippen LogP contribution in [0.15, 0.2) is 47.4 Å². The van der Waals surface area contributed by atoms with E-state index >= 15 is 0 Å². The van der Waals surface area contributed by atoms with Gasteiger partial charge in [-0.2, -0.15) is 4.31 Å². The summed E-state index contributed by atoms with van der Waals surface area (Å²) in [5.74, 6) is 1.48. The molecular weight excluding hydrogens is 480 g/mol. The maximum Gasteiger partial charge on any atom is 0.257 e. The van der Waals surface area contributed by atoms with Crippen LogP contribution >= 0.6 is 0 Å². The summed E-state index contributed by atoms with van der Waals surface area (Å²) >= 11 is 0. The van der Waals surface area contributed by atoms with Gasteiger partial charge in [0.15, 0.2) is 11.5 Å². The van der Waals surface area contributed by atoms with Crippen molar-refractivity contribution >= 4 is 15.9 Å². The number of para-hydroxylation sites is 1. The largest absolute Gasteiger partial charge is 0.490 e. The van der Waals surface area contributed by atoms with Crippen molar-refractivity contribution in [2.45, 2.75) is 62.0 Å². The van der Waals surface area contributed by atoms with E-state index in [0.29, 0.717) is 68.4 Å². The zero-order valence-electron chi connectivity index (χ0n) is 20.7.